The van der Waals surface area contributed by atoms with Crippen molar-refractivity contribution in [1.82, 2.24) is 20.1 Å². The van der Waals surface area contributed by atoms with E-state index in [0.717, 1.165) is 35.4 Å². The third kappa shape index (κ3) is 4.21. The molecule has 1 N–H and O–H groups in total. The zero-order valence-corrected chi connectivity index (χ0v) is 16.3. The van der Waals surface area contributed by atoms with Crippen molar-refractivity contribution in [3.05, 3.63) is 64.5 Å². The molecule has 1 saturated heterocycles. The molecule has 2 aromatic heterocycles. The number of thiophene rings is 1. The molecule has 1 aliphatic rings. The number of aromatic nitrogens is 1. The maximum atomic E-state index is 12.8. The summed E-state index contributed by atoms with van der Waals surface area (Å²) in [5, 5.41) is 5.88. The van der Waals surface area contributed by atoms with E-state index in [1.165, 1.54) is 11.3 Å². The highest BCUT2D eigenvalue weighted by Crippen LogP contribution is 2.14. The van der Waals surface area contributed by atoms with Crippen molar-refractivity contribution < 1.29 is 9.59 Å². The molecule has 0 atom stereocenters. The van der Waals surface area contributed by atoms with Gasteiger partial charge in [0.25, 0.3) is 11.8 Å². The number of piperazine rings is 1. The first-order valence-corrected chi connectivity index (χ1v) is 10.3. The van der Waals surface area contributed by atoms with Crippen LogP contribution in [0.2, 0.25) is 0 Å². The van der Waals surface area contributed by atoms with E-state index < -0.39 is 0 Å². The summed E-state index contributed by atoms with van der Waals surface area (Å²) in [6.45, 7) is 4.34. The predicted molar refractivity (Wildman–Crippen MR) is 111 cm³/mol. The number of nitrogens with zero attached hydrogens (tertiary/aromatic N) is 3. The van der Waals surface area contributed by atoms with Gasteiger partial charge in [0, 0.05) is 44.7 Å². The molecule has 1 aromatic carbocycles. The SMILES string of the molecule is O=C(NCCN1CCN(C(=O)c2ccc3ccccc3n2)CC1)c1cccs1. The van der Waals surface area contributed by atoms with Gasteiger partial charge in [0.15, 0.2) is 0 Å². The lowest BCUT2D eigenvalue weighted by Crippen LogP contribution is -2.50. The average molecular weight is 395 g/mol. The molecule has 1 aliphatic heterocycles. The topological polar surface area (TPSA) is 65.5 Å². The van der Waals surface area contributed by atoms with Crippen molar-refractivity contribution in [3.8, 4) is 0 Å². The minimum absolute atomic E-state index is 0.0172. The van der Waals surface area contributed by atoms with Crippen molar-refractivity contribution in [2.45, 2.75) is 0 Å². The molecular weight excluding hydrogens is 372 g/mol. The Labute approximate surface area is 167 Å². The summed E-state index contributed by atoms with van der Waals surface area (Å²) < 4.78 is 0. The largest absolute Gasteiger partial charge is 0.350 e. The van der Waals surface area contributed by atoms with Gasteiger partial charge in [0.05, 0.1) is 10.4 Å². The molecule has 0 spiro atoms. The Bertz CT molecular complexity index is 965. The van der Waals surface area contributed by atoms with Gasteiger partial charge >= 0.3 is 0 Å². The van der Waals surface area contributed by atoms with Crippen molar-refractivity contribution in [2.75, 3.05) is 39.3 Å². The first-order valence-electron chi connectivity index (χ1n) is 9.40. The number of carbonyl (C=O) groups is 2. The zero-order valence-electron chi connectivity index (χ0n) is 15.5. The van der Waals surface area contributed by atoms with Crippen LogP contribution in [0.25, 0.3) is 10.9 Å². The number of nitrogens with one attached hydrogen (secondary N) is 1. The molecule has 0 bridgehead atoms. The molecule has 0 unspecified atom stereocenters. The monoisotopic (exact) mass is 394 g/mol. The Balaban J connectivity index is 1.26. The van der Waals surface area contributed by atoms with Crippen LogP contribution < -0.4 is 5.32 Å². The lowest BCUT2D eigenvalue weighted by Gasteiger charge is -2.34. The second-order valence-corrected chi connectivity index (χ2v) is 7.70. The molecule has 4 rings (SSSR count). The molecule has 6 nitrogen and oxygen atoms in total. The van der Waals surface area contributed by atoms with Gasteiger partial charge < -0.3 is 10.2 Å². The molecule has 3 heterocycles. The molecule has 7 heteroatoms. The van der Waals surface area contributed by atoms with Gasteiger partial charge in [-0.05, 0) is 23.6 Å². The van der Waals surface area contributed by atoms with Gasteiger partial charge in [-0.1, -0.05) is 30.3 Å². The van der Waals surface area contributed by atoms with Crippen LogP contribution in [0.5, 0.6) is 0 Å². The lowest BCUT2D eigenvalue weighted by atomic mass is 10.2. The summed E-state index contributed by atoms with van der Waals surface area (Å²) in [7, 11) is 0. The number of hydrogen-bond acceptors (Lipinski definition) is 5. The highest BCUT2D eigenvalue weighted by molar-refractivity contribution is 7.12. The molecule has 0 aliphatic carbocycles. The fraction of sp³-hybridized carbons (Fsp3) is 0.286. The van der Waals surface area contributed by atoms with E-state index in [4.69, 9.17) is 0 Å². The molecule has 0 radical (unpaired) electrons. The maximum absolute atomic E-state index is 12.8. The van der Waals surface area contributed by atoms with Gasteiger partial charge in [0.2, 0.25) is 0 Å². The number of fused-ring (bicyclic) bond motifs is 1. The number of pyridine rings is 1. The minimum atomic E-state index is -0.0220. The maximum Gasteiger partial charge on any atom is 0.272 e. The summed E-state index contributed by atoms with van der Waals surface area (Å²) in [5.41, 5.74) is 1.34. The van der Waals surface area contributed by atoms with Crippen LogP contribution >= 0.6 is 11.3 Å². The van der Waals surface area contributed by atoms with Crippen LogP contribution in [0.15, 0.2) is 53.9 Å². The Morgan fingerprint density at radius 1 is 1.00 bits per heavy atom. The third-order valence-electron chi connectivity index (χ3n) is 4.94. The van der Waals surface area contributed by atoms with Crippen LogP contribution in [0, 0.1) is 0 Å². The standard InChI is InChI=1S/C21H22N4O2S/c26-20(19-6-3-15-28-19)22-9-10-24-11-13-25(14-12-24)21(27)18-8-7-16-4-1-2-5-17(16)23-18/h1-8,15H,9-14H2,(H,22,26). The minimum Gasteiger partial charge on any atom is -0.350 e. The first-order chi connectivity index (χ1) is 13.7. The van der Waals surface area contributed by atoms with E-state index in [0.29, 0.717) is 25.3 Å². The number of carbonyl (C=O) groups excluding carboxylic acids is 2. The summed E-state index contributed by atoms with van der Waals surface area (Å²) in [4.78, 5) is 34.1. The quantitative estimate of drug-likeness (QED) is 0.722. The van der Waals surface area contributed by atoms with Crippen LogP contribution in [0.1, 0.15) is 20.2 Å². The van der Waals surface area contributed by atoms with E-state index in [1.54, 1.807) is 6.07 Å². The van der Waals surface area contributed by atoms with Crippen molar-refractivity contribution in [2.24, 2.45) is 0 Å². The van der Waals surface area contributed by atoms with Crippen LogP contribution in [0.4, 0.5) is 0 Å². The fourth-order valence-electron chi connectivity index (χ4n) is 3.34. The Morgan fingerprint density at radius 2 is 1.82 bits per heavy atom. The zero-order chi connectivity index (χ0) is 19.3. The van der Waals surface area contributed by atoms with E-state index in [9.17, 15) is 9.59 Å². The molecule has 144 valence electrons. The lowest BCUT2D eigenvalue weighted by molar-refractivity contribution is 0.0632. The molecule has 28 heavy (non-hydrogen) atoms. The summed E-state index contributed by atoms with van der Waals surface area (Å²) in [6.07, 6.45) is 0. The van der Waals surface area contributed by atoms with Crippen molar-refractivity contribution in [1.29, 1.82) is 0 Å². The van der Waals surface area contributed by atoms with Gasteiger partial charge in [0.1, 0.15) is 5.69 Å². The summed E-state index contributed by atoms with van der Waals surface area (Å²) in [6, 6.07) is 15.3. The molecule has 1 fully saturated rings. The Morgan fingerprint density at radius 3 is 2.61 bits per heavy atom. The van der Waals surface area contributed by atoms with Crippen LogP contribution in [-0.2, 0) is 0 Å². The molecular formula is C21H22N4O2S. The molecule has 3 aromatic rings. The van der Waals surface area contributed by atoms with Crippen LogP contribution in [0.3, 0.4) is 0 Å². The van der Waals surface area contributed by atoms with Crippen molar-refractivity contribution >= 4 is 34.1 Å². The Kier molecular flexibility index (Phi) is 5.64. The third-order valence-corrected chi connectivity index (χ3v) is 5.80. The smallest absolute Gasteiger partial charge is 0.272 e. The van der Waals surface area contributed by atoms with Gasteiger partial charge in [-0.2, -0.15) is 0 Å². The number of benzene rings is 1. The summed E-state index contributed by atoms with van der Waals surface area (Å²) >= 11 is 1.44. The van der Waals surface area contributed by atoms with Gasteiger partial charge in [-0.15, -0.1) is 11.3 Å². The second-order valence-electron chi connectivity index (χ2n) is 6.76. The number of para-hydroxylation sites is 1. The predicted octanol–water partition coefficient (Wildman–Crippen LogP) is 2.48. The molecule has 2 amide bonds. The second kappa shape index (κ2) is 8.50. The highest BCUT2D eigenvalue weighted by atomic mass is 32.1. The number of amides is 2. The number of hydrogen-bond donors (Lipinski definition) is 1. The first kappa shape index (κ1) is 18.6. The molecule has 0 saturated carbocycles. The average Bonchev–Trinajstić information content (AvgIpc) is 3.28. The van der Waals surface area contributed by atoms with Gasteiger partial charge in [-0.25, -0.2) is 4.98 Å². The summed E-state index contributed by atoms with van der Waals surface area (Å²) in [5.74, 6) is -0.0393. The van der Waals surface area contributed by atoms with E-state index >= 15 is 0 Å². The Hall–Kier alpha value is -2.77. The normalized spacial score (nSPS) is 14.9. The van der Waals surface area contributed by atoms with Crippen LogP contribution in [-0.4, -0.2) is 65.9 Å². The van der Waals surface area contributed by atoms with E-state index in [-0.39, 0.29) is 11.8 Å². The highest BCUT2D eigenvalue weighted by Gasteiger charge is 2.23. The van der Waals surface area contributed by atoms with Crippen molar-refractivity contribution in [3.63, 3.8) is 0 Å². The fourth-order valence-corrected chi connectivity index (χ4v) is 3.98. The van der Waals surface area contributed by atoms with Gasteiger partial charge in [-0.3, -0.25) is 14.5 Å². The number of rotatable bonds is 5. The van der Waals surface area contributed by atoms with E-state index in [2.05, 4.69) is 15.2 Å². The van der Waals surface area contributed by atoms with E-state index in [1.807, 2.05) is 52.7 Å².